The molecule has 0 saturated heterocycles. The minimum Gasteiger partial charge on any atom is -0.280 e. The molecule has 2 aromatic rings. The van der Waals surface area contributed by atoms with Crippen molar-refractivity contribution in [3.05, 3.63) is 48.0 Å². The zero-order chi connectivity index (χ0) is 14.0. The molecule has 0 atom stereocenters. The van der Waals surface area contributed by atoms with E-state index in [1.807, 2.05) is 42.5 Å². The zero-order valence-electron chi connectivity index (χ0n) is 10.3. The number of halogens is 2. The van der Waals surface area contributed by atoms with E-state index in [-0.39, 0.29) is 6.42 Å². The molecule has 0 aliphatic carbocycles. The average Bonchev–Trinajstić information content (AvgIpc) is 2.38. The van der Waals surface area contributed by atoms with Crippen molar-refractivity contribution in [1.82, 2.24) is 0 Å². The number of rotatable bonds is 4. The highest BCUT2D eigenvalue weighted by Gasteiger charge is 2.39. The summed E-state index contributed by atoms with van der Waals surface area (Å²) >= 11 is 11.1. The first-order valence-electron chi connectivity index (χ1n) is 5.81. The maximum atomic E-state index is 11.5. The average molecular weight is 295 g/mol. The summed E-state index contributed by atoms with van der Waals surface area (Å²) in [5.41, 5.74) is -0.517. The van der Waals surface area contributed by atoms with Crippen LogP contribution < -0.4 is 0 Å². The predicted octanol–water partition coefficient (Wildman–Crippen LogP) is 3.92. The number of fused-ring (bicyclic) bond motifs is 1. The minimum absolute atomic E-state index is 0.193. The van der Waals surface area contributed by atoms with Crippen LogP contribution in [0.3, 0.4) is 0 Å². The van der Waals surface area contributed by atoms with Crippen LogP contribution in [0.2, 0.25) is 0 Å². The predicted molar refractivity (Wildman–Crippen MR) is 77.5 cm³/mol. The van der Waals surface area contributed by atoms with E-state index in [1.165, 1.54) is 6.92 Å². The number of carbonyl (C=O) groups excluding carboxylic acids is 2. The Morgan fingerprint density at radius 3 is 2.21 bits per heavy atom. The van der Waals surface area contributed by atoms with Gasteiger partial charge in [-0.1, -0.05) is 42.5 Å². The molecule has 2 aromatic carbocycles. The first-order valence-corrected chi connectivity index (χ1v) is 6.57. The Balaban J connectivity index is 2.51. The van der Waals surface area contributed by atoms with Crippen molar-refractivity contribution in [1.29, 1.82) is 0 Å². The monoisotopic (exact) mass is 294 g/mol. The second-order valence-corrected chi connectivity index (χ2v) is 5.38. The van der Waals surface area contributed by atoms with Gasteiger partial charge in [0.15, 0.2) is 0 Å². The summed E-state index contributed by atoms with van der Waals surface area (Å²) in [6, 6.07) is 13.5. The van der Waals surface area contributed by atoms with Crippen LogP contribution in [0.15, 0.2) is 42.5 Å². The van der Waals surface area contributed by atoms with E-state index in [0.29, 0.717) is 0 Å². The lowest BCUT2D eigenvalue weighted by Gasteiger charge is -2.21. The van der Waals surface area contributed by atoms with Gasteiger partial charge in [0.2, 0.25) is 10.5 Å². The van der Waals surface area contributed by atoms with Gasteiger partial charge in [-0.3, -0.25) is 9.59 Å². The third-order valence-electron chi connectivity index (χ3n) is 3.29. The van der Waals surface area contributed by atoms with Gasteiger partial charge in [0, 0.05) is 0 Å². The summed E-state index contributed by atoms with van der Waals surface area (Å²) in [7, 11) is 0. The molecule has 0 aliphatic rings. The van der Waals surface area contributed by atoms with Crippen LogP contribution in [0.5, 0.6) is 0 Å². The first kappa shape index (κ1) is 14.0. The van der Waals surface area contributed by atoms with Crippen molar-refractivity contribution < 1.29 is 9.59 Å². The number of hydrogen-bond acceptors (Lipinski definition) is 2. The molecule has 0 amide bonds. The van der Waals surface area contributed by atoms with Gasteiger partial charge in [0.25, 0.3) is 0 Å². The molecule has 19 heavy (non-hydrogen) atoms. The second-order valence-electron chi connectivity index (χ2n) is 4.69. The van der Waals surface area contributed by atoms with Gasteiger partial charge in [-0.25, -0.2) is 0 Å². The quantitative estimate of drug-likeness (QED) is 0.633. The van der Waals surface area contributed by atoms with Crippen LogP contribution in [0.4, 0.5) is 0 Å². The zero-order valence-corrected chi connectivity index (χ0v) is 11.8. The van der Waals surface area contributed by atoms with E-state index in [9.17, 15) is 9.59 Å². The van der Waals surface area contributed by atoms with Crippen molar-refractivity contribution in [2.75, 3.05) is 0 Å². The SMILES string of the molecule is CC(Cc1cccc2ccccc12)(C(=O)Cl)C(=O)Cl. The van der Waals surface area contributed by atoms with E-state index < -0.39 is 15.9 Å². The molecule has 2 rings (SSSR count). The van der Waals surface area contributed by atoms with Crippen LogP contribution in [0, 0.1) is 5.41 Å². The molecule has 0 bridgehead atoms. The maximum Gasteiger partial charge on any atom is 0.236 e. The fourth-order valence-electron chi connectivity index (χ4n) is 2.04. The van der Waals surface area contributed by atoms with E-state index >= 15 is 0 Å². The fraction of sp³-hybridized carbons (Fsp3) is 0.200. The Kier molecular flexibility index (Phi) is 3.93. The topological polar surface area (TPSA) is 34.1 Å². The molecule has 0 radical (unpaired) electrons. The van der Waals surface area contributed by atoms with Crippen molar-refractivity contribution >= 4 is 44.5 Å². The first-order chi connectivity index (χ1) is 8.95. The summed E-state index contributed by atoms with van der Waals surface area (Å²) in [4.78, 5) is 23.0. The van der Waals surface area contributed by atoms with E-state index in [4.69, 9.17) is 23.2 Å². The molecule has 0 aliphatic heterocycles. The fourth-order valence-corrected chi connectivity index (χ4v) is 2.40. The number of hydrogen-bond donors (Lipinski definition) is 0. The van der Waals surface area contributed by atoms with E-state index in [2.05, 4.69) is 0 Å². The highest BCUT2D eigenvalue weighted by molar-refractivity contribution is 6.74. The smallest absolute Gasteiger partial charge is 0.236 e. The Hall–Kier alpha value is -1.38. The van der Waals surface area contributed by atoms with Gasteiger partial charge in [0.05, 0.1) is 0 Å². The van der Waals surface area contributed by atoms with Gasteiger partial charge in [-0.15, -0.1) is 0 Å². The molecular formula is C15H12Cl2O2. The summed E-state index contributed by atoms with van der Waals surface area (Å²) in [5.74, 6) is 0. The second kappa shape index (κ2) is 5.32. The molecule has 2 nitrogen and oxygen atoms in total. The third-order valence-corrected chi connectivity index (χ3v) is 4.13. The van der Waals surface area contributed by atoms with Gasteiger partial charge in [0.1, 0.15) is 5.41 Å². The molecule has 98 valence electrons. The summed E-state index contributed by atoms with van der Waals surface area (Å²) in [6.45, 7) is 1.47. The molecule has 0 saturated carbocycles. The molecule has 4 heteroatoms. The van der Waals surface area contributed by atoms with Gasteiger partial charge < -0.3 is 0 Å². The Labute approximate surface area is 121 Å². The number of carbonyl (C=O) groups is 2. The molecule has 0 spiro atoms. The Bertz CT molecular complexity index is 630. The molecular weight excluding hydrogens is 283 g/mol. The standard InChI is InChI=1S/C15H12Cl2O2/c1-15(13(16)18,14(17)19)9-11-7-4-6-10-5-2-3-8-12(10)11/h2-8H,9H2,1H3. The summed E-state index contributed by atoms with van der Waals surface area (Å²) in [5, 5.41) is 0.569. The molecule has 0 N–H and O–H groups in total. The van der Waals surface area contributed by atoms with Crippen LogP contribution in [0.1, 0.15) is 12.5 Å². The van der Waals surface area contributed by atoms with Crippen molar-refractivity contribution in [3.63, 3.8) is 0 Å². The number of benzene rings is 2. The summed E-state index contributed by atoms with van der Waals surface area (Å²) in [6.07, 6.45) is 0.193. The normalized spacial score (nSPS) is 11.5. The third kappa shape index (κ3) is 2.65. The summed E-state index contributed by atoms with van der Waals surface area (Å²) < 4.78 is 0. The van der Waals surface area contributed by atoms with Gasteiger partial charge in [-0.05, 0) is 52.9 Å². The minimum atomic E-state index is -1.40. The van der Waals surface area contributed by atoms with E-state index in [1.54, 1.807) is 0 Å². The van der Waals surface area contributed by atoms with E-state index in [0.717, 1.165) is 16.3 Å². The van der Waals surface area contributed by atoms with Gasteiger partial charge >= 0.3 is 0 Å². The molecule has 0 heterocycles. The highest BCUT2D eigenvalue weighted by Crippen LogP contribution is 2.31. The lowest BCUT2D eigenvalue weighted by Crippen LogP contribution is -2.33. The van der Waals surface area contributed by atoms with Crippen LogP contribution in [-0.2, 0) is 16.0 Å². The van der Waals surface area contributed by atoms with Gasteiger partial charge in [-0.2, -0.15) is 0 Å². The van der Waals surface area contributed by atoms with Crippen LogP contribution >= 0.6 is 23.2 Å². The largest absolute Gasteiger partial charge is 0.280 e. The van der Waals surface area contributed by atoms with Crippen molar-refractivity contribution in [2.45, 2.75) is 13.3 Å². The molecule has 0 aromatic heterocycles. The lowest BCUT2D eigenvalue weighted by atomic mass is 9.84. The Morgan fingerprint density at radius 1 is 1.00 bits per heavy atom. The van der Waals surface area contributed by atoms with Crippen LogP contribution in [-0.4, -0.2) is 10.5 Å². The lowest BCUT2D eigenvalue weighted by molar-refractivity contribution is -0.130. The van der Waals surface area contributed by atoms with Crippen LogP contribution in [0.25, 0.3) is 10.8 Å². The Morgan fingerprint density at radius 2 is 1.58 bits per heavy atom. The van der Waals surface area contributed by atoms with Crippen molar-refractivity contribution in [2.24, 2.45) is 5.41 Å². The van der Waals surface area contributed by atoms with Crippen molar-refractivity contribution in [3.8, 4) is 0 Å². The molecule has 0 fully saturated rings. The molecule has 0 unspecified atom stereocenters. The maximum absolute atomic E-state index is 11.5. The highest BCUT2D eigenvalue weighted by atomic mass is 35.5.